The summed E-state index contributed by atoms with van der Waals surface area (Å²) in [4.78, 5) is 2.26. The van der Waals surface area contributed by atoms with Crippen LogP contribution in [-0.2, 0) is 12.8 Å². The first-order valence-corrected chi connectivity index (χ1v) is 8.76. The molecule has 0 aliphatic carbocycles. The fraction of sp³-hybridized carbons (Fsp3) is 0.667. The number of aromatic nitrogens is 2. The van der Waals surface area contributed by atoms with Crippen LogP contribution >= 0.6 is 11.8 Å². The van der Waals surface area contributed by atoms with Gasteiger partial charge in [-0.2, -0.15) is 16.9 Å². The number of thioether (sulfide) groups is 1. The lowest BCUT2D eigenvalue weighted by Crippen LogP contribution is -2.40. The van der Waals surface area contributed by atoms with E-state index >= 15 is 0 Å². The summed E-state index contributed by atoms with van der Waals surface area (Å²) >= 11 is 2.02. The predicted octanol–water partition coefficient (Wildman–Crippen LogP) is 2.22. The normalized spacial score (nSPS) is 18.8. The molecule has 1 aromatic rings. The predicted molar refractivity (Wildman–Crippen MR) is 90.6 cm³/mol. The Hall–Kier alpha value is -1.30. The lowest BCUT2D eigenvalue weighted by atomic mass is 10.0. The Morgan fingerprint density at radius 3 is 2.67 bits per heavy atom. The third-order valence-corrected chi connectivity index (χ3v) is 5.36. The molecule has 1 saturated heterocycles. The molecule has 3 N–H and O–H groups in total. The van der Waals surface area contributed by atoms with Crippen LogP contribution in [0.1, 0.15) is 44.0 Å². The number of amidine groups is 1. The number of nitrogens with two attached hydrogens (primary N) is 1. The highest BCUT2D eigenvalue weighted by Crippen LogP contribution is 2.29. The number of nitrogens with one attached hydrogen (secondary N) is 1. The fourth-order valence-corrected chi connectivity index (χ4v) is 4.01. The second kappa shape index (κ2) is 7.11. The Morgan fingerprint density at radius 1 is 1.33 bits per heavy atom. The Bertz CT molecular complexity index is 517. The molecule has 0 saturated carbocycles. The minimum atomic E-state index is 0.109. The first-order valence-electron chi connectivity index (χ1n) is 7.71. The van der Waals surface area contributed by atoms with Crippen molar-refractivity contribution in [1.29, 1.82) is 5.41 Å². The van der Waals surface area contributed by atoms with Crippen LogP contribution in [0.4, 0.5) is 5.82 Å². The Kier molecular flexibility index (Phi) is 5.45. The molecule has 1 fully saturated rings. The van der Waals surface area contributed by atoms with E-state index in [4.69, 9.17) is 11.1 Å². The molecular formula is C15H25N5S. The summed E-state index contributed by atoms with van der Waals surface area (Å²) in [5.74, 6) is 2.00. The van der Waals surface area contributed by atoms with Crippen LogP contribution in [0, 0.1) is 5.41 Å². The van der Waals surface area contributed by atoms with Gasteiger partial charge in [-0.25, -0.2) is 0 Å². The number of rotatable bonds is 5. The molecule has 0 amide bonds. The van der Waals surface area contributed by atoms with Gasteiger partial charge in [0.05, 0.1) is 11.3 Å². The molecule has 1 aliphatic heterocycles. The molecule has 0 spiro atoms. The van der Waals surface area contributed by atoms with E-state index in [0.29, 0.717) is 5.25 Å². The number of anilines is 1. The molecule has 1 aromatic heterocycles. The zero-order valence-electron chi connectivity index (χ0n) is 13.1. The number of aryl methyl sites for hydroxylation is 1. The van der Waals surface area contributed by atoms with Crippen molar-refractivity contribution in [1.82, 2.24) is 10.2 Å². The van der Waals surface area contributed by atoms with E-state index in [2.05, 4.69) is 35.9 Å². The van der Waals surface area contributed by atoms with Gasteiger partial charge in [0.25, 0.3) is 0 Å². The number of nitrogens with zero attached hydrogens (tertiary/aromatic N) is 3. The van der Waals surface area contributed by atoms with Gasteiger partial charge in [0, 0.05) is 24.1 Å². The Balaban J connectivity index is 2.45. The van der Waals surface area contributed by atoms with Crippen molar-refractivity contribution in [3.63, 3.8) is 0 Å². The van der Waals surface area contributed by atoms with Crippen molar-refractivity contribution in [2.24, 2.45) is 5.73 Å². The third-order valence-electron chi connectivity index (χ3n) is 3.99. The summed E-state index contributed by atoms with van der Waals surface area (Å²) in [7, 11) is 0. The highest BCUT2D eigenvalue weighted by atomic mass is 32.2. The standard InChI is InChI=1S/C15H25N5S/c1-4-10-9-20(7-8-21-10)15-13(14(16)17)11(5-2)12(6-3)18-19-15/h10H,4-9H2,1-3H3,(H3,16,17). The zero-order valence-corrected chi connectivity index (χ0v) is 14.0. The van der Waals surface area contributed by atoms with Crippen LogP contribution in [0.5, 0.6) is 0 Å². The van der Waals surface area contributed by atoms with Crippen molar-refractivity contribution < 1.29 is 0 Å². The minimum Gasteiger partial charge on any atom is -0.384 e. The van der Waals surface area contributed by atoms with Gasteiger partial charge in [0.2, 0.25) is 0 Å². The molecule has 1 aliphatic rings. The molecular weight excluding hydrogens is 282 g/mol. The first-order chi connectivity index (χ1) is 10.1. The topological polar surface area (TPSA) is 78.9 Å². The second-order valence-electron chi connectivity index (χ2n) is 5.29. The van der Waals surface area contributed by atoms with Crippen LogP contribution in [0.3, 0.4) is 0 Å². The molecule has 1 unspecified atom stereocenters. The summed E-state index contributed by atoms with van der Waals surface area (Å²) in [6.07, 6.45) is 2.81. The number of hydrogen-bond acceptors (Lipinski definition) is 5. The molecule has 0 radical (unpaired) electrons. The summed E-state index contributed by atoms with van der Waals surface area (Å²) < 4.78 is 0. The van der Waals surface area contributed by atoms with Gasteiger partial charge < -0.3 is 10.6 Å². The molecule has 6 heteroatoms. The van der Waals surface area contributed by atoms with E-state index < -0.39 is 0 Å². The van der Waals surface area contributed by atoms with Crippen LogP contribution < -0.4 is 10.6 Å². The van der Waals surface area contributed by atoms with Gasteiger partial charge in [-0.1, -0.05) is 20.8 Å². The molecule has 5 nitrogen and oxygen atoms in total. The van der Waals surface area contributed by atoms with Gasteiger partial charge in [-0.15, -0.1) is 5.10 Å². The van der Waals surface area contributed by atoms with Gasteiger partial charge in [-0.3, -0.25) is 5.41 Å². The average Bonchev–Trinajstić information content (AvgIpc) is 2.53. The van der Waals surface area contributed by atoms with Crippen molar-refractivity contribution in [3.05, 3.63) is 16.8 Å². The van der Waals surface area contributed by atoms with Gasteiger partial charge >= 0.3 is 0 Å². The molecule has 1 atom stereocenters. The summed E-state index contributed by atoms with van der Waals surface area (Å²) in [6, 6.07) is 0. The smallest absolute Gasteiger partial charge is 0.162 e. The Morgan fingerprint density at radius 2 is 2.10 bits per heavy atom. The van der Waals surface area contributed by atoms with Crippen LogP contribution in [0.2, 0.25) is 0 Å². The van der Waals surface area contributed by atoms with Crippen molar-refractivity contribution >= 4 is 23.4 Å². The quantitative estimate of drug-likeness (QED) is 0.644. The Labute approximate surface area is 131 Å². The molecule has 0 bridgehead atoms. The minimum absolute atomic E-state index is 0.109. The molecule has 116 valence electrons. The van der Waals surface area contributed by atoms with E-state index in [1.807, 2.05) is 11.8 Å². The molecule has 2 heterocycles. The van der Waals surface area contributed by atoms with Crippen LogP contribution in [0.15, 0.2) is 0 Å². The second-order valence-corrected chi connectivity index (χ2v) is 6.70. The average molecular weight is 307 g/mol. The first kappa shape index (κ1) is 16.1. The largest absolute Gasteiger partial charge is 0.384 e. The lowest BCUT2D eigenvalue weighted by Gasteiger charge is -2.34. The van der Waals surface area contributed by atoms with E-state index in [9.17, 15) is 0 Å². The van der Waals surface area contributed by atoms with Crippen molar-refractivity contribution in [3.8, 4) is 0 Å². The van der Waals surface area contributed by atoms with E-state index in [-0.39, 0.29) is 5.84 Å². The van der Waals surface area contributed by atoms with Gasteiger partial charge in [-0.05, 0) is 24.8 Å². The van der Waals surface area contributed by atoms with E-state index in [1.165, 1.54) is 0 Å². The maximum atomic E-state index is 7.98. The highest BCUT2D eigenvalue weighted by Gasteiger charge is 2.25. The van der Waals surface area contributed by atoms with Crippen molar-refractivity contribution in [2.45, 2.75) is 45.3 Å². The van der Waals surface area contributed by atoms with Crippen molar-refractivity contribution in [2.75, 3.05) is 23.7 Å². The fourth-order valence-electron chi connectivity index (χ4n) is 2.83. The van der Waals surface area contributed by atoms with Gasteiger partial charge in [0.1, 0.15) is 5.84 Å². The van der Waals surface area contributed by atoms with E-state index in [0.717, 1.165) is 60.7 Å². The van der Waals surface area contributed by atoms with Gasteiger partial charge in [0.15, 0.2) is 5.82 Å². The summed E-state index contributed by atoms with van der Waals surface area (Å²) in [5.41, 5.74) is 8.72. The monoisotopic (exact) mass is 307 g/mol. The van der Waals surface area contributed by atoms with E-state index in [1.54, 1.807) is 0 Å². The highest BCUT2D eigenvalue weighted by molar-refractivity contribution is 8.00. The molecule has 2 rings (SSSR count). The maximum absolute atomic E-state index is 7.98. The summed E-state index contributed by atoms with van der Waals surface area (Å²) in [5, 5.41) is 17.4. The third kappa shape index (κ3) is 3.31. The summed E-state index contributed by atoms with van der Waals surface area (Å²) in [6.45, 7) is 8.29. The number of hydrogen-bond donors (Lipinski definition) is 2. The van der Waals surface area contributed by atoms with Crippen LogP contribution in [0.25, 0.3) is 0 Å². The lowest BCUT2D eigenvalue weighted by molar-refractivity contribution is 0.707. The maximum Gasteiger partial charge on any atom is 0.162 e. The SMILES string of the molecule is CCc1nnc(N2CCSC(CC)C2)c(C(=N)N)c1CC. The molecule has 0 aromatic carbocycles. The van der Waals surface area contributed by atoms with Crippen LogP contribution in [-0.4, -0.2) is 40.1 Å². The molecule has 21 heavy (non-hydrogen) atoms. The number of nitrogen functional groups attached to an aromatic ring is 1. The zero-order chi connectivity index (χ0) is 15.4.